The van der Waals surface area contributed by atoms with Crippen molar-refractivity contribution in [3.8, 4) is 0 Å². The minimum Gasteiger partial charge on any atom is -0.395 e. The van der Waals surface area contributed by atoms with Gasteiger partial charge in [0.05, 0.1) is 6.61 Å². The van der Waals surface area contributed by atoms with Crippen LogP contribution in [-0.2, 0) is 0 Å². The number of hydrogen-bond acceptors (Lipinski definition) is 2. The second kappa shape index (κ2) is 3.08. The SMILES string of the molecule is CC(F)(F)C[C@H](N)CO. The van der Waals surface area contributed by atoms with Crippen LogP contribution in [0.15, 0.2) is 0 Å². The molecule has 4 heteroatoms. The third-order valence-corrected chi connectivity index (χ3v) is 0.855. The molecule has 1 atom stereocenters. The number of aliphatic hydroxyl groups excluding tert-OH is 1. The van der Waals surface area contributed by atoms with Crippen molar-refractivity contribution >= 4 is 0 Å². The van der Waals surface area contributed by atoms with Gasteiger partial charge in [-0.2, -0.15) is 0 Å². The summed E-state index contributed by atoms with van der Waals surface area (Å²) in [5.41, 5.74) is 5.03. The van der Waals surface area contributed by atoms with Crippen LogP contribution in [0, 0.1) is 0 Å². The molecule has 2 nitrogen and oxygen atoms in total. The van der Waals surface area contributed by atoms with Gasteiger partial charge in [0.1, 0.15) is 0 Å². The maximum atomic E-state index is 12.0. The van der Waals surface area contributed by atoms with Crippen molar-refractivity contribution in [2.45, 2.75) is 25.3 Å². The third-order valence-electron chi connectivity index (χ3n) is 0.855. The first-order valence-electron chi connectivity index (χ1n) is 2.70. The number of rotatable bonds is 3. The molecule has 0 aliphatic heterocycles. The van der Waals surface area contributed by atoms with Crippen molar-refractivity contribution in [2.24, 2.45) is 5.73 Å². The lowest BCUT2D eigenvalue weighted by molar-refractivity contribution is 0.000985. The molecule has 0 bridgehead atoms. The minimum absolute atomic E-state index is 0.385. The standard InChI is InChI=1S/C5H11F2NO/c1-5(6,7)2-4(8)3-9/h4,9H,2-3,8H2,1H3/t4-/m0/s1. The minimum atomic E-state index is -2.76. The lowest BCUT2D eigenvalue weighted by Crippen LogP contribution is -2.31. The molecule has 56 valence electrons. The van der Waals surface area contributed by atoms with Gasteiger partial charge in [-0.15, -0.1) is 0 Å². The molecule has 0 saturated carbocycles. The monoisotopic (exact) mass is 139 g/mol. The molecule has 0 spiro atoms. The number of nitrogens with two attached hydrogens (primary N) is 1. The van der Waals surface area contributed by atoms with E-state index < -0.39 is 18.4 Å². The molecular weight excluding hydrogens is 128 g/mol. The summed E-state index contributed by atoms with van der Waals surface area (Å²) < 4.78 is 23.9. The Bertz CT molecular complexity index is 81.5. The van der Waals surface area contributed by atoms with Gasteiger partial charge in [0.15, 0.2) is 0 Å². The Morgan fingerprint density at radius 1 is 1.67 bits per heavy atom. The number of aliphatic hydroxyl groups is 1. The summed E-state index contributed by atoms with van der Waals surface area (Å²) in [6, 6.07) is -0.801. The predicted molar refractivity (Wildman–Crippen MR) is 30.3 cm³/mol. The van der Waals surface area contributed by atoms with E-state index in [1.165, 1.54) is 0 Å². The van der Waals surface area contributed by atoms with E-state index in [9.17, 15) is 8.78 Å². The van der Waals surface area contributed by atoms with Crippen LogP contribution in [0.5, 0.6) is 0 Å². The van der Waals surface area contributed by atoms with Crippen molar-refractivity contribution in [1.82, 2.24) is 0 Å². The molecule has 3 N–H and O–H groups in total. The first-order valence-corrected chi connectivity index (χ1v) is 2.70. The van der Waals surface area contributed by atoms with Crippen molar-refractivity contribution < 1.29 is 13.9 Å². The smallest absolute Gasteiger partial charge is 0.247 e. The van der Waals surface area contributed by atoms with Gasteiger partial charge in [-0.05, 0) is 6.92 Å². The molecule has 0 saturated heterocycles. The number of halogens is 2. The molecule has 0 aliphatic carbocycles. The largest absolute Gasteiger partial charge is 0.395 e. The number of hydrogen-bond donors (Lipinski definition) is 2. The van der Waals surface area contributed by atoms with Crippen molar-refractivity contribution in [3.63, 3.8) is 0 Å². The summed E-state index contributed by atoms with van der Waals surface area (Å²) in [6.45, 7) is 0.395. The van der Waals surface area contributed by atoms with E-state index in [2.05, 4.69) is 0 Å². The lowest BCUT2D eigenvalue weighted by Gasteiger charge is -2.13. The molecule has 0 unspecified atom stereocenters. The third kappa shape index (κ3) is 5.65. The van der Waals surface area contributed by atoms with Crippen molar-refractivity contribution in [2.75, 3.05) is 6.61 Å². The average Bonchev–Trinajstić information content (AvgIpc) is 1.62. The first kappa shape index (κ1) is 8.78. The molecule has 0 heterocycles. The molecule has 0 aromatic carbocycles. The van der Waals surface area contributed by atoms with Gasteiger partial charge < -0.3 is 10.8 Å². The maximum absolute atomic E-state index is 12.0. The van der Waals surface area contributed by atoms with Crippen LogP contribution in [0.1, 0.15) is 13.3 Å². The van der Waals surface area contributed by atoms with Gasteiger partial charge in [-0.3, -0.25) is 0 Å². The van der Waals surface area contributed by atoms with Crippen molar-refractivity contribution in [3.05, 3.63) is 0 Å². The van der Waals surface area contributed by atoms with Crippen LogP contribution in [-0.4, -0.2) is 23.7 Å². The van der Waals surface area contributed by atoms with Crippen LogP contribution in [0.25, 0.3) is 0 Å². The van der Waals surface area contributed by atoms with E-state index in [1.54, 1.807) is 0 Å². The molecule has 0 rings (SSSR count). The summed E-state index contributed by atoms with van der Waals surface area (Å²) in [4.78, 5) is 0. The molecule has 0 fully saturated rings. The van der Waals surface area contributed by atoms with Gasteiger partial charge in [-0.25, -0.2) is 8.78 Å². The van der Waals surface area contributed by atoms with Crippen LogP contribution in [0.4, 0.5) is 8.78 Å². The highest BCUT2D eigenvalue weighted by Crippen LogP contribution is 2.17. The zero-order chi connectivity index (χ0) is 7.49. The normalized spacial score (nSPS) is 15.7. The zero-order valence-electron chi connectivity index (χ0n) is 5.27. The summed E-state index contributed by atoms with van der Waals surface area (Å²) in [5.74, 6) is -2.76. The Balaban J connectivity index is 3.47. The van der Waals surface area contributed by atoms with Crippen LogP contribution < -0.4 is 5.73 Å². The topological polar surface area (TPSA) is 46.2 Å². The molecular formula is C5H11F2NO. The van der Waals surface area contributed by atoms with Gasteiger partial charge in [0.25, 0.3) is 0 Å². The van der Waals surface area contributed by atoms with Crippen LogP contribution in [0.2, 0.25) is 0 Å². The van der Waals surface area contributed by atoms with E-state index in [1.807, 2.05) is 0 Å². The van der Waals surface area contributed by atoms with Gasteiger partial charge in [0.2, 0.25) is 5.92 Å². The lowest BCUT2D eigenvalue weighted by atomic mass is 10.1. The highest BCUT2D eigenvalue weighted by atomic mass is 19.3. The number of alkyl halides is 2. The van der Waals surface area contributed by atoms with Crippen LogP contribution >= 0.6 is 0 Å². The highest BCUT2D eigenvalue weighted by Gasteiger charge is 2.23. The summed E-state index contributed by atoms with van der Waals surface area (Å²) in [7, 11) is 0. The van der Waals surface area contributed by atoms with Gasteiger partial charge >= 0.3 is 0 Å². The summed E-state index contributed by atoms with van der Waals surface area (Å²) in [6.07, 6.45) is -0.455. The summed E-state index contributed by atoms with van der Waals surface area (Å²) in [5, 5.41) is 8.24. The first-order chi connectivity index (χ1) is 3.95. The Hall–Kier alpha value is -0.220. The second-order valence-corrected chi connectivity index (χ2v) is 2.22. The average molecular weight is 139 g/mol. The molecule has 0 aromatic rings. The molecule has 0 amide bonds. The second-order valence-electron chi connectivity index (χ2n) is 2.22. The molecule has 9 heavy (non-hydrogen) atoms. The quantitative estimate of drug-likeness (QED) is 0.592. The fourth-order valence-corrected chi connectivity index (χ4v) is 0.525. The van der Waals surface area contributed by atoms with E-state index in [4.69, 9.17) is 10.8 Å². The Labute approximate surface area is 52.7 Å². The Kier molecular flexibility index (Phi) is 3.00. The fourth-order valence-electron chi connectivity index (χ4n) is 0.525. The van der Waals surface area contributed by atoms with Crippen molar-refractivity contribution in [1.29, 1.82) is 0 Å². The maximum Gasteiger partial charge on any atom is 0.247 e. The molecule has 0 aliphatic rings. The predicted octanol–water partition coefficient (Wildman–Crippen LogP) is 0.351. The molecule has 0 aromatic heterocycles. The van der Waals surface area contributed by atoms with Gasteiger partial charge in [0, 0.05) is 12.5 Å². The molecule has 0 radical (unpaired) electrons. The Morgan fingerprint density at radius 3 is 2.22 bits per heavy atom. The fraction of sp³-hybridized carbons (Fsp3) is 1.00. The van der Waals surface area contributed by atoms with E-state index in [0.717, 1.165) is 6.92 Å². The summed E-state index contributed by atoms with van der Waals surface area (Å²) >= 11 is 0. The van der Waals surface area contributed by atoms with E-state index in [-0.39, 0.29) is 6.61 Å². The Morgan fingerprint density at radius 2 is 2.11 bits per heavy atom. The van der Waals surface area contributed by atoms with E-state index in [0.29, 0.717) is 0 Å². The zero-order valence-corrected chi connectivity index (χ0v) is 5.27. The van der Waals surface area contributed by atoms with E-state index >= 15 is 0 Å². The van der Waals surface area contributed by atoms with Crippen LogP contribution in [0.3, 0.4) is 0 Å². The highest BCUT2D eigenvalue weighted by molar-refractivity contribution is 4.68. The van der Waals surface area contributed by atoms with Gasteiger partial charge in [-0.1, -0.05) is 0 Å².